The van der Waals surface area contributed by atoms with Gasteiger partial charge < -0.3 is 5.73 Å². The summed E-state index contributed by atoms with van der Waals surface area (Å²) in [5.41, 5.74) is 5.56. The number of carbonyl (C=O) groups is 1. The smallest absolute Gasteiger partial charge is 0.151 e. The highest BCUT2D eigenvalue weighted by atomic mass is 35.5. The molecule has 0 bridgehead atoms. The van der Waals surface area contributed by atoms with Gasteiger partial charge in [-0.2, -0.15) is 0 Å². The lowest BCUT2D eigenvalue weighted by molar-refractivity contribution is -0.118. The predicted octanol–water partition coefficient (Wildman–Crippen LogP) is 1.99. The maximum atomic E-state index is 10.8. The first kappa shape index (κ1) is 8.71. The van der Waals surface area contributed by atoms with Crippen LogP contribution < -0.4 is 5.73 Å². The second-order valence-corrected chi connectivity index (χ2v) is 3.58. The molecular weight excluding hydrogens is 182 g/mol. The van der Waals surface area contributed by atoms with Crippen LogP contribution in [0.4, 0.5) is 0 Å². The van der Waals surface area contributed by atoms with E-state index in [-0.39, 0.29) is 5.78 Å². The van der Waals surface area contributed by atoms with Crippen LogP contribution in [-0.2, 0) is 4.79 Å². The van der Waals surface area contributed by atoms with E-state index in [1.807, 2.05) is 5.38 Å². The van der Waals surface area contributed by atoms with Crippen molar-refractivity contribution < 1.29 is 4.79 Å². The monoisotopic (exact) mass is 189 g/mol. The molecule has 2 N–H and O–H groups in total. The van der Waals surface area contributed by atoms with E-state index in [1.165, 1.54) is 18.3 Å². The van der Waals surface area contributed by atoms with Crippen LogP contribution in [0.3, 0.4) is 0 Å². The Bertz CT molecular complexity index is 271. The fourth-order valence-electron chi connectivity index (χ4n) is 0.712. The molecule has 1 aromatic heterocycles. The van der Waals surface area contributed by atoms with Crippen LogP contribution in [0, 0.1) is 0 Å². The Hall–Kier alpha value is -0.380. The fourth-order valence-corrected chi connectivity index (χ4v) is 1.94. The van der Waals surface area contributed by atoms with Crippen molar-refractivity contribution in [2.45, 2.75) is 13.0 Å². The van der Waals surface area contributed by atoms with Gasteiger partial charge in [-0.15, -0.1) is 11.3 Å². The van der Waals surface area contributed by atoms with Crippen LogP contribution in [0.15, 0.2) is 11.4 Å². The zero-order valence-electron chi connectivity index (χ0n) is 6.00. The van der Waals surface area contributed by atoms with Crippen molar-refractivity contribution in [3.8, 4) is 0 Å². The summed E-state index contributed by atoms with van der Waals surface area (Å²) in [6.07, 6.45) is 0. The lowest BCUT2D eigenvalue weighted by Gasteiger charge is -2.04. The van der Waals surface area contributed by atoms with Gasteiger partial charge in [0.05, 0.1) is 11.1 Å². The van der Waals surface area contributed by atoms with Gasteiger partial charge in [-0.25, -0.2) is 0 Å². The summed E-state index contributed by atoms with van der Waals surface area (Å²) in [6, 6.07) is 1.19. The number of Topliss-reactive ketones (excluding diaryl/α,β-unsaturated/α-hetero) is 1. The van der Waals surface area contributed by atoms with E-state index in [9.17, 15) is 4.79 Å². The summed E-state index contributed by atoms with van der Waals surface area (Å²) in [7, 11) is 0. The number of nitrogens with two attached hydrogens (primary N) is 1. The molecule has 1 aromatic rings. The summed E-state index contributed by atoms with van der Waals surface area (Å²) in [6.45, 7) is 1.46. The Morgan fingerprint density at radius 3 is 2.82 bits per heavy atom. The molecule has 1 unspecified atom stereocenters. The lowest BCUT2D eigenvalue weighted by Crippen LogP contribution is -2.17. The number of carbonyl (C=O) groups excluding carboxylic acids is 1. The third kappa shape index (κ3) is 1.80. The van der Waals surface area contributed by atoms with Gasteiger partial charge in [0.1, 0.15) is 0 Å². The molecule has 0 spiro atoms. The molecule has 0 saturated carbocycles. The third-order valence-electron chi connectivity index (χ3n) is 1.37. The third-order valence-corrected chi connectivity index (χ3v) is 2.81. The van der Waals surface area contributed by atoms with Gasteiger partial charge in [0.2, 0.25) is 0 Å². The zero-order valence-corrected chi connectivity index (χ0v) is 7.58. The van der Waals surface area contributed by atoms with E-state index < -0.39 is 6.04 Å². The van der Waals surface area contributed by atoms with Crippen LogP contribution in [0.1, 0.15) is 17.8 Å². The Labute approximate surface area is 74.0 Å². The summed E-state index contributed by atoms with van der Waals surface area (Å²) in [5, 5.41) is 2.40. The first-order valence-corrected chi connectivity index (χ1v) is 4.37. The molecule has 60 valence electrons. The molecule has 0 amide bonds. The van der Waals surface area contributed by atoms with E-state index in [0.29, 0.717) is 5.02 Å². The van der Waals surface area contributed by atoms with E-state index in [0.717, 1.165) is 4.88 Å². The van der Waals surface area contributed by atoms with Crippen molar-refractivity contribution in [3.63, 3.8) is 0 Å². The standard InChI is InChI=1S/C7H8ClNOS/c1-4(10)6(9)7-5(8)2-3-11-7/h2-3,6H,9H2,1H3. The van der Waals surface area contributed by atoms with E-state index in [1.54, 1.807) is 6.07 Å². The molecule has 0 aliphatic heterocycles. The largest absolute Gasteiger partial charge is 0.317 e. The first-order valence-electron chi connectivity index (χ1n) is 3.12. The van der Waals surface area contributed by atoms with Gasteiger partial charge in [-0.05, 0) is 18.4 Å². The second-order valence-electron chi connectivity index (χ2n) is 2.22. The van der Waals surface area contributed by atoms with Crippen molar-refractivity contribution in [1.82, 2.24) is 0 Å². The van der Waals surface area contributed by atoms with Gasteiger partial charge in [0.15, 0.2) is 5.78 Å². The minimum atomic E-state index is -0.553. The van der Waals surface area contributed by atoms with Crippen LogP contribution in [0.5, 0.6) is 0 Å². The average Bonchev–Trinajstić information content (AvgIpc) is 2.33. The molecular formula is C7H8ClNOS. The number of ketones is 1. The Morgan fingerprint density at radius 2 is 2.45 bits per heavy atom. The minimum Gasteiger partial charge on any atom is -0.317 e. The number of hydrogen-bond acceptors (Lipinski definition) is 3. The second kappa shape index (κ2) is 3.34. The minimum absolute atomic E-state index is 0.0608. The number of rotatable bonds is 2. The van der Waals surface area contributed by atoms with Gasteiger partial charge in [0.25, 0.3) is 0 Å². The van der Waals surface area contributed by atoms with Crippen molar-refractivity contribution >= 4 is 28.7 Å². The molecule has 0 radical (unpaired) electrons. The normalized spacial score (nSPS) is 13.0. The van der Waals surface area contributed by atoms with E-state index in [4.69, 9.17) is 17.3 Å². The Morgan fingerprint density at radius 1 is 1.82 bits per heavy atom. The summed E-state index contributed by atoms with van der Waals surface area (Å²) in [5.74, 6) is -0.0608. The number of halogens is 1. The Balaban J connectivity index is 2.92. The molecule has 1 rings (SSSR count). The first-order chi connectivity index (χ1) is 5.13. The summed E-state index contributed by atoms with van der Waals surface area (Å²) in [4.78, 5) is 11.6. The molecule has 11 heavy (non-hydrogen) atoms. The van der Waals surface area contributed by atoms with Gasteiger partial charge in [-0.3, -0.25) is 4.79 Å². The molecule has 1 heterocycles. The van der Waals surface area contributed by atoms with Gasteiger partial charge in [0, 0.05) is 4.88 Å². The van der Waals surface area contributed by atoms with E-state index >= 15 is 0 Å². The van der Waals surface area contributed by atoms with Crippen LogP contribution in [0.2, 0.25) is 5.02 Å². The molecule has 0 fully saturated rings. The summed E-state index contributed by atoms with van der Waals surface area (Å²) >= 11 is 7.17. The maximum Gasteiger partial charge on any atom is 0.151 e. The highest BCUT2D eigenvalue weighted by Gasteiger charge is 2.15. The van der Waals surface area contributed by atoms with Crippen molar-refractivity contribution in [2.75, 3.05) is 0 Å². The Kier molecular flexibility index (Phi) is 2.65. The molecule has 4 heteroatoms. The average molecular weight is 190 g/mol. The highest BCUT2D eigenvalue weighted by Crippen LogP contribution is 2.27. The predicted molar refractivity (Wildman–Crippen MR) is 46.9 cm³/mol. The van der Waals surface area contributed by atoms with Crippen molar-refractivity contribution in [2.24, 2.45) is 5.73 Å². The molecule has 0 aliphatic carbocycles. The van der Waals surface area contributed by atoms with Crippen LogP contribution in [-0.4, -0.2) is 5.78 Å². The van der Waals surface area contributed by atoms with Gasteiger partial charge in [-0.1, -0.05) is 11.6 Å². The lowest BCUT2D eigenvalue weighted by atomic mass is 10.2. The van der Waals surface area contributed by atoms with Crippen LogP contribution in [0.25, 0.3) is 0 Å². The van der Waals surface area contributed by atoms with Crippen molar-refractivity contribution in [3.05, 3.63) is 21.3 Å². The quantitative estimate of drug-likeness (QED) is 0.773. The SMILES string of the molecule is CC(=O)C(N)c1sccc1Cl. The molecule has 0 saturated heterocycles. The molecule has 1 atom stereocenters. The van der Waals surface area contributed by atoms with E-state index in [2.05, 4.69) is 0 Å². The molecule has 2 nitrogen and oxygen atoms in total. The number of thiophene rings is 1. The van der Waals surface area contributed by atoms with Gasteiger partial charge >= 0.3 is 0 Å². The maximum absolute atomic E-state index is 10.8. The fraction of sp³-hybridized carbons (Fsp3) is 0.286. The molecule has 0 aromatic carbocycles. The van der Waals surface area contributed by atoms with Crippen LogP contribution >= 0.6 is 22.9 Å². The number of hydrogen-bond donors (Lipinski definition) is 1. The summed E-state index contributed by atoms with van der Waals surface area (Å²) < 4.78 is 0. The highest BCUT2D eigenvalue weighted by molar-refractivity contribution is 7.10. The topological polar surface area (TPSA) is 43.1 Å². The zero-order chi connectivity index (χ0) is 8.43. The molecule has 0 aliphatic rings. The van der Waals surface area contributed by atoms with Crippen molar-refractivity contribution in [1.29, 1.82) is 0 Å².